The Bertz CT molecular complexity index is 451. The number of hydrogen-bond acceptors (Lipinski definition) is 5. The summed E-state index contributed by atoms with van der Waals surface area (Å²) < 4.78 is 1.25. The molecule has 0 saturated heterocycles. The molecule has 2 heterocycles. The van der Waals surface area contributed by atoms with Crippen molar-refractivity contribution in [1.82, 2.24) is 25.0 Å². The molecule has 0 atom stereocenters. The number of fused-ring (bicyclic) bond motifs is 1. The van der Waals surface area contributed by atoms with Crippen molar-refractivity contribution in [1.29, 1.82) is 0 Å². The van der Waals surface area contributed by atoms with Gasteiger partial charge in [0.2, 0.25) is 5.95 Å². The van der Waals surface area contributed by atoms with Gasteiger partial charge in [-0.1, -0.05) is 0 Å². The Labute approximate surface area is 65.5 Å². The highest BCUT2D eigenvalue weighted by molar-refractivity contribution is 5.38. The van der Waals surface area contributed by atoms with Crippen LogP contribution < -0.4 is 0 Å². The van der Waals surface area contributed by atoms with E-state index in [0.717, 1.165) is 0 Å². The Morgan fingerprint density at radius 1 is 1.58 bits per heavy atom. The molecule has 8 nitrogen and oxygen atoms in total. The number of rotatable bonds is 1. The second kappa shape index (κ2) is 2.44. The lowest BCUT2D eigenvalue weighted by Crippen LogP contribution is -1.90. The lowest BCUT2D eigenvalue weighted by atomic mass is 10.6. The molecule has 2 rings (SSSR count). The topological polar surface area (TPSA) is 105 Å². The summed E-state index contributed by atoms with van der Waals surface area (Å²) in [5.41, 5.74) is 8.65. The van der Waals surface area contributed by atoms with Crippen LogP contribution in [-0.2, 0) is 0 Å². The predicted molar refractivity (Wildman–Crippen MR) is 37.4 cm³/mol. The van der Waals surface area contributed by atoms with Crippen LogP contribution in [0.3, 0.4) is 0 Å². The third-order valence-electron chi connectivity index (χ3n) is 1.23. The predicted octanol–water partition coefficient (Wildman–Crippen LogP) is 0.461. The Balaban J connectivity index is 2.81. The van der Waals surface area contributed by atoms with E-state index in [-0.39, 0.29) is 5.95 Å². The summed E-state index contributed by atoms with van der Waals surface area (Å²) in [6.45, 7) is 0. The highest BCUT2D eigenvalue weighted by Gasteiger charge is 2.00. The fraction of sp³-hybridized carbons (Fsp3) is 0. The standard InChI is InChI=1S/C4H2N8/c5-9-8-4-6-2-1-3-7-10-11-12(3)4/h1-2H. The third kappa shape index (κ3) is 0.831. The van der Waals surface area contributed by atoms with Crippen LogP contribution in [-0.4, -0.2) is 25.0 Å². The van der Waals surface area contributed by atoms with Crippen molar-refractivity contribution in [3.63, 3.8) is 0 Å². The Hall–Kier alpha value is -2.21. The van der Waals surface area contributed by atoms with E-state index in [0.29, 0.717) is 5.65 Å². The molecule has 0 spiro atoms. The van der Waals surface area contributed by atoms with Gasteiger partial charge in [-0.3, -0.25) is 0 Å². The van der Waals surface area contributed by atoms with Crippen molar-refractivity contribution in [3.05, 3.63) is 22.7 Å². The van der Waals surface area contributed by atoms with Gasteiger partial charge in [-0.15, -0.1) is 5.10 Å². The van der Waals surface area contributed by atoms with Gasteiger partial charge in [-0.05, 0) is 21.1 Å². The Kier molecular flexibility index (Phi) is 1.32. The van der Waals surface area contributed by atoms with Crippen LogP contribution in [0.5, 0.6) is 0 Å². The van der Waals surface area contributed by atoms with E-state index in [1.807, 2.05) is 0 Å². The number of aromatic nitrogens is 5. The molecule has 0 unspecified atom stereocenters. The summed E-state index contributed by atoms with van der Waals surface area (Å²) in [7, 11) is 0. The van der Waals surface area contributed by atoms with Gasteiger partial charge in [-0.2, -0.15) is 4.52 Å². The molecule has 2 aromatic heterocycles. The van der Waals surface area contributed by atoms with E-state index in [1.54, 1.807) is 6.07 Å². The number of hydrogen-bond donors (Lipinski definition) is 0. The van der Waals surface area contributed by atoms with Crippen LogP contribution in [0.2, 0.25) is 0 Å². The largest absolute Gasteiger partial charge is 0.235 e. The van der Waals surface area contributed by atoms with Gasteiger partial charge < -0.3 is 0 Å². The molecule has 0 aliphatic heterocycles. The molecular formula is C4H2N8. The van der Waals surface area contributed by atoms with E-state index in [9.17, 15) is 0 Å². The Morgan fingerprint density at radius 3 is 3.33 bits per heavy atom. The van der Waals surface area contributed by atoms with Gasteiger partial charge in [0.25, 0.3) is 0 Å². The molecule has 0 radical (unpaired) electrons. The second-order valence-electron chi connectivity index (χ2n) is 1.88. The number of azide groups is 1. The van der Waals surface area contributed by atoms with Crippen LogP contribution in [0, 0.1) is 0 Å². The first kappa shape index (κ1) is 6.50. The summed E-state index contributed by atoms with van der Waals surface area (Å²) in [6, 6.07) is 1.61. The van der Waals surface area contributed by atoms with Crippen LogP contribution in [0.25, 0.3) is 16.1 Å². The van der Waals surface area contributed by atoms with Gasteiger partial charge in [0, 0.05) is 17.2 Å². The highest BCUT2D eigenvalue weighted by Crippen LogP contribution is 2.06. The van der Waals surface area contributed by atoms with Gasteiger partial charge in [0.05, 0.1) is 0 Å². The summed E-state index contributed by atoms with van der Waals surface area (Å²) in [5, 5.41) is 13.9. The van der Waals surface area contributed by atoms with Crippen LogP contribution in [0.4, 0.5) is 5.95 Å². The molecule has 0 amide bonds. The molecule has 8 heteroatoms. The monoisotopic (exact) mass is 162 g/mol. The normalized spacial score (nSPS) is 9.67. The fourth-order valence-corrected chi connectivity index (χ4v) is 0.774. The molecule has 0 aliphatic rings. The molecule has 0 fully saturated rings. The fourth-order valence-electron chi connectivity index (χ4n) is 0.774. The first-order chi connectivity index (χ1) is 5.92. The van der Waals surface area contributed by atoms with Crippen molar-refractivity contribution in [3.8, 4) is 0 Å². The maximum atomic E-state index is 8.15. The van der Waals surface area contributed by atoms with Gasteiger partial charge in [0.15, 0.2) is 5.65 Å². The SMILES string of the molecule is [N-]=[N+]=Nc1nccc2nnnn12. The number of nitrogens with zero attached hydrogens (tertiary/aromatic N) is 8. The zero-order chi connectivity index (χ0) is 8.39. The molecule has 58 valence electrons. The minimum Gasteiger partial charge on any atom is -0.235 e. The van der Waals surface area contributed by atoms with E-state index >= 15 is 0 Å². The molecule has 0 saturated carbocycles. The first-order valence-corrected chi connectivity index (χ1v) is 3.00. The lowest BCUT2D eigenvalue weighted by Gasteiger charge is -1.90. The van der Waals surface area contributed by atoms with E-state index in [2.05, 4.69) is 30.5 Å². The van der Waals surface area contributed by atoms with Crippen molar-refractivity contribution >= 4 is 11.6 Å². The van der Waals surface area contributed by atoms with Crippen LogP contribution in [0.15, 0.2) is 17.4 Å². The minimum absolute atomic E-state index is 0.125. The minimum atomic E-state index is 0.125. The summed E-state index contributed by atoms with van der Waals surface area (Å²) >= 11 is 0. The van der Waals surface area contributed by atoms with Crippen molar-refractivity contribution < 1.29 is 0 Å². The molecule has 2 aromatic rings. The Morgan fingerprint density at radius 2 is 2.50 bits per heavy atom. The van der Waals surface area contributed by atoms with Crippen molar-refractivity contribution in [2.45, 2.75) is 0 Å². The van der Waals surface area contributed by atoms with Crippen molar-refractivity contribution in [2.75, 3.05) is 0 Å². The van der Waals surface area contributed by atoms with Crippen LogP contribution in [0.1, 0.15) is 0 Å². The van der Waals surface area contributed by atoms with E-state index in [1.165, 1.54) is 10.7 Å². The maximum Gasteiger partial charge on any atom is 0.221 e. The van der Waals surface area contributed by atoms with E-state index < -0.39 is 0 Å². The molecular weight excluding hydrogens is 160 g/mol. The zero-order valence-corrected chi connectivity index (χ0v) is 5.73. The summed E-state index contributed by atoms with van der Waals surface area (Å²) in [6.07, 6.45) is 1.47. The molecule has 0 aliphatic carbocycles. The number of tetrazole rings is 1. The smallest absolute Gasteiger partial charge is 0.221 e. The quantitative estimate of drug-likeness (QED) is 0.345. The van der Waals surface area contributed by atoms with Crippen LogP contribution >= 0.6 is 0 Å². The molecule has 0 N–H and O–H groups in total. The average Bonchev–Trinajstić information content (AvgIpc) is 2.53. The first-order valence-electron chi connectivity index (χ1n) is 3.00. The second-order valence-corrected chi connectivity index (χ2v) is 1.88. The molecule has 12 heavy (non-hydrogen) atoms. The lowest BCUT2D eigenvalue weighted by molar-refractivity contribution is 0.810. The molecule has 0 bridgehead atoms. The van der Waals surface area contributed by atoms with Gasteiger partial charge in [-0.25, -0.2) is 4.98 Å². The summed E-state index contributed by atoms with van der Waals surface area (Å²) in [4.78, 5) is 6.35. The third-order valence-corrected chi connectivity index (χ3v) is 1.23. The maximum absolute atomic E-state index is 8.15. The van der Waals surface area contributed by atoms with Crippen molar-refractivity contribution in [2.24, 2.45) is 5.11 Å². The van der Waals surface area contributed by atoms with Gasteiger partial charge >= 0.3 is 0 Å². The zero-order valence-electron chi connectivity index (χ0n) is 5.73. The summed E-state index contributed by atoms with van der Waals surface area (Å²) in [5.74, 6) is 0.125. The molecule has 0 aromatic carbocycles. The van der Waals surface area contributed by atoms with Gasteiger partial charge in [0.1, 0.15) is 0 Å². The average molecular weight is 162 g/mol. The van der Waals surface area contributed by atoms with E-state index in [4.69, 9.17) is 5.53 Å². The highest BCUT2D eigenvalue weighted by atomic mass is 15.5.